The van der Waals surface area contributed by atoms with E-state index in [0.717, 1.165) is 0 Å². The molecule has 1 aliphatic rings. The van der Waals surface area contributed by atoms with Crippen molar-refractivity contribution in [2.45, 2.75) is 25.1 Å². The second-order valence-electron chi connectivity index (χ2n) is 5.32. The second-order valence-corrected chi connectivity index (χ2v) is 5.32. The summed E-state index contributed by atoms with van der Waals surface area (Å²) < 4.78 is 57.2. The Hall–Kier alpha value is -1.05. The number of hydrogen-bond donors (Lipinski definition) is 1. The van der Waals surface area contributed by atoms with Gasteiger partial charge in [0, 0.05) is 44.2 Å². The van der Waals surface area contributed by atoms with Crippen LogP contribution in [-0.4, -0.2) is 44.4 Å². The van der Waals surface area contributed by atoms with Crippen molar-refractivity contribution >= 4 is 12.4 Å². The molecule has 8 heteroatoms. The quantitative estimate of drug-likeness (QED) is 0.817. The van der Waals surface area contributed by atoms with E-state index in [1.165, 1.54) is 13.2 Å². The number of rotatable bonds is 5. The standard InChI is InChI=1S/C15H20F4N2O.ClH/c1-22-13-4-2-3-11(14(13)16)12(5-6-15(17,18)19)21-9-7-20-8-10-21;/h2-4,12,20H,5-10H2,1H3;1H/t12-;/m1./s1. The molecule has 0 bridgehead atoms. The third-order valence-electron chi connectivity index (χ3n) is 3.87. The largest absolute Gasteiger partial charge is 0.494 e. The first-order valence-electron chi connectivity index (χ1n) is 7.26. The van der Waals surface area contributed by atoms with Crippen molar-refractivity contribution in [1.82, 2.24) is 10.2 Å². The van der Waals surface area contributed by atoms with Gasteiger partial charge in [0.2, 0.25) is 0 Å². The number of benzene rings is 1. The predicted molar refractivity (Wildman–Crippen MR) is 82.7 cm³/mol. The molecule has 1 atom stereocenters. The van der Waals surface area contributed by atoms with Crippen molar-refractivity contribution in [3.8, 4) is 5.75 Å². The Morgan fingerprint density at radius 3 is 2.48 bits per heavy atom. The molecule has 0 aliphatic carbocycles. The molecule has 2 rings (SSSR count). The molecule has 0 amide bonds. The number of piperazine rings is 1. The maximum absolute atomic E-state index is 14.4. The van der Waals surface area contributed by atoms with Crippen LogP contribution in [-0.2, 0) is 0 Å². The Bertz CT molecular complexity index is 493. The van der Waals surface area contributed by atoms with Crippen LogP contribution in [0.5, 0.6) is 5.75 Å². The van der Waals surface area contributed by atoms with E-state index in [0.29, 0.717) is 26.2 Å². The van der Waals surface area contributed by atoms with Crippen molar-refractivity contribution in [3.05, 3.63) is 29.6 Å². The zero-order valence-electron chi connectivity index (χ0n) is 12.8. The maximum atomic E-state index is 14.4. The van der Waals surface area contributed by atoms with E-state index in [1.807, 2.05) is 4.90 Å². The van der Waals surface area contributed by atoms with Gasteiger partial charge in [0.05, 0.1) is 7.11 Å². The van der Waals surface area contributed by atoms with Crippen molar-refractivity contribution in [2.24, 2.45) is 0 Å². The van der Waals surface area contributed by atoms with Gasteiger partial charge in [0.1, 0.15) is 0 Å². The van der Waals surface area contributed by atoms with E-state index in [2.05, 4.69) is 5.32 Å². The first kappa shape index (κ1) is 20.0. The summed E-state index contributed by atoms with van der Waals surface area (Å²) in [6.07, 6.45) is -5.34. The highest BCUT2D eigenvalue weighted by atomic mass is 35.5. The van der Waals surface area contributed by atoms with Crippen LogP contribution in [0.4, 0.5) is 17.6 Å². The first-order valence-corrected chi connectivity index (χ1v) is 7.26. The van der Waals surface area contributed by atoms with E-state index in [-0.39, 0.29) is 30.1 Å². The Balaban J connectivity index is 0.00000264. The SMILES string of the molecule is COc1cccc([C@@H](CCC(F)(F)F)N2CCNCC2)c1F.Cl. The van der Waals surface area contributed by atoms with Crippen LogP contribution in [0.3, 0.4) is 0 Å². The van der Waals surface area contributed by atoms with Crippen LogP contribution in [0.15, 0.2) is 18.2 Å². The Morgan fingerprint density at radius 2 is 1.91 bits per heavy atom. The Morgan fingerprint density at radius 1 is 1.26 bits per heavy atom. The number of ether oxygens (including phenoxy) is 1. The van der Waals surface area contributed by atoms with Gasteiger partial charge in [0.25, 0.3) is 0 Å². The van der Waals surface area contributed by atoms with Gasteiger partial charge in [-0.1, -0.05) is 12.1 Å². The summed E-state index contributed by atoms with van der Waals surface area (Å²) in [6.45, 7) is 2.57. The second kappa shape index (κ2) is 8.70. The molecule has 0 unspecified atom stereocenters. The van der Waals surface area contributed by atoms with E-state index in [9.17, 15) is 17.6 Å². The third-order valence-corrected chi connectivity index (χ3v) is 3.87. The zero-order chi connectivity index (χ0) is 16.2. The molecule has 1 aromatic carbocycles. The third kappa shape index (κ3) is 5.51. The topological polar surface area (TPSA) is 24.5 Å². The average molecular weight is 357 g/mol. The molecule has 1 fully saturated rings. The highest BCUT2D eigenvalue weighted by Gasteiger charge is 2.32. The van der Waals surface area contributed by atoms with Crippen molar-refractivity contribution < 1.29 is 22.3 Å². The summed E-state index contributed by atoms with van der Waals surface area (Å²) in [5.74, 6) is -0.514. The van der Waals surface area contributed by atoms with Crippen LogP contribution in [0.1, 0.15) is 24.4 Å². The predicted octanol–water partition coefficient (Wildman–Crippen LogP) is 3.54. The van der Waals surface area contributed by atoms with Gasteiger partial charge in [-0.3, -0.25) is 4.90 Å². The monoisotopic (exact) mass is 356 g/mol. The van der Waals surface area contributed by atoms with Gasteiger partial charge in [-0.05, 0) is 12.5 Å². The number of halogens is 5. The van der Waals surface area contributed by atoms with E-state index in [4.69, 9.17) is 4.74 Å². The summed E-state index contributed by atoms with van der Waals surface area (Å²) >= 11 is 0. The molecule has 0 radical (unpaired) electrons. The minimum atomic E-state index is -4.25. The fourth-order valence-electron chi connectivity index (χ4n) is 2.77. The molecule has 1 N–H and O–H groups in total. The molecule has 1 aliphatic heterocycles. The number of methoxy groups -OCH3 is 1. The van der Waals surface area contributed by atoms with Crippen LogP contribution in [0, 0.1) is 5.82 Å². The van der Waals surface area contributed by atoms with Gasteiger partial charge >= 0.3 is 6.18 Å². The number of nitrogens with zero attached hydrogens (tertiary/aromatic N) is 1. The summed E-state index contributed by atoms with van der Waals surface area (Å²) in [6, 6.07) is 4.03. The van der Waals surface area contributed by atoms with Crippen LogP contribution in [0.25, 0.3) is 0 Å². The molecular formula is C15H21ClF4N2O. The average Bonchev–Trinajstić information content (AvgIpc) is 2.49. The molecule has 1 heterocycles. The molecule has 132 valence electrons. The highest BCUT2D eigenvalue weighted by molar-refractivity contribution is 5.85. The van der Waals surface area contributed by atoms with Gasteiger partial charge in [-0.15, -0.1) is 12.4 Å². The lowest BCUT2D eigenvalue weighted by molar-refractivity contribution is -0.138. The lowest BCUT2D eigenvalue weighted by Gasteiger charge is -2.35. The lowest BCUT2D eigenvalue weighted by atomic mass is 9.98. The van der Waals surface area contributed by atoms with Gasteiger partial charge in [-0.25, -0.2) is 4.39 Å². The molecule has 0 aromatic heterocycles. The van der Waals surface area contributed by atoms with Crippen molar-refractivity contribution in [3.63, 3.8) is 0 Å². The van der Waals surface area contributed by atoms with Gasteiger partial charge < -0.3 is 10.1 Å². The molecule has 1 aromatic rings. The van der Waals surface area contributed by atoms with Crippen LogP contribution >= 0.6 is 12.4 Å². The molecule has 0 saturated carbocycles. The Labute approximate surface area is 139 Å². The van der Waals surface area contributed by atoms with Crippen molar-refractivity contribution in [1.29, 1.82) is 0 Å². The maximum Gasteiger partial charge on any atom is 0.389 e. The minimum absolute atomic E-state index is 0. The normalized spacial score (nSPS) is 17.4. The molecule has 1 saturated heterocycles. The van der Waals surface area contributed by atoms with Gasteiger partial charge in [0.15, 0.2) is 11.6 Å². The van der Waals surface area contributed by atoms with Crippen molar-refractivity contribution in [2.75, 3.05) is 33.3 Å². The van der Waals surface area contributed by atoms with Crippen LogP contribution < -0.4 is 10.1 Å². The first-order chi connectivity index (χ1) is 10.4. The van der Waals surface area contributed by atoms with E-state index in [1.54, 1.807) is 12.1 Å². The molecule has 3 nitrogen and oxygen atoms in total. The fourth-order valence-corrected chi connectivity index (χ4v) is 2.77. The minimum Gasteiger partial charge on any atom is -0.494 e. The Kier molecular flexibility index (Phi) is 7.57. The van der Waals surface area contributed by atoms with Gasteiger partial charge in [-0.2, -0.15) is 13.2 Å². The highest BCUT2D eigenvalue weighted by Crippen LogP contribution is 2.35. The van der Waals surface area contributed by atoms with E-state index < -0.39 is 24.5 Å². The number of alkyl halides is 3. The fraction of sp³-hybridized carbons (Fsp3) is 0.600. The van der Waals surface area contributed by atoms with Crippen LogP contribution in [0.2, 0.25) is 0 Å². The summed E-state index contributed by atoms with van der Waals surface area (Å²) in [5.41, 5.74) is 0.269. The summed E-state index contributed by atoms with van der Waals surface area (Å²) in [4.78, 5) is 1.90. The molecular weight excluding hydrogens is 336 g/mol. The molecule has 23 heavy (non-hydrogen) atoms. The smallest absolute Gasteiger partial charge is 0.389 e. The summed E-state index contributed by atoms with van der Waals surface area (Å²) in [7, 11) is 1.34. The summed E-state index contributed by atoms with van der Waals surface area (Å²) in [5, 5.41) is 3.15. The number of hydrogen-bond acceptors (Lipinski definition) is 3. The zero-order valence-corrected chi connectivity index (χ0v) is 13.6. The van der Waals surface area contributed by atoms with E-state index >= 15 is 0 Å². The number of nitrogens with one attached hydrogen (secondary N) is 1. The molecule has 0 spiro atoms. The lowest BCUT2D eigenvalue weighted by Crippen LogP contribution is -2.45.